The normalized spacial score (nSPS) is 12.5. The lowest BCUT2D eigenvalue weighted by molar-refractivity contribution is 0.498. The Morgan fingerprint density at radius 2 is 2.05 bits per heavy atom. The highest BCUT2D eigenvalue weighted by molar-refractivity contribution is 5.18. The van der Waals surface area contributed by atoms with Gasteiger partial charge in [-0.2, -0.15) is 0 Å². The van der Waals surface area contributed by atoms with Gasteiger partial charge >= 0.3 is 0 Å². The van der Waals surface area contributed by atoms with Crippen LogP contribution in [-0.2, 0) is 12.8 Å². The van der Waals surface area contributed by atoms with E-state index < -0.39 is 0 Å². The van der Waals surface area contributed by atoms with E-state index >= 15 is 0 Å². The molecule has 102 valence electrons. The predicted octanol–water partition coefficient (Wildman–Crippen LogP) is 3.57. The van der Waals surface area contributed by atoms with Crippen molar-refractivity contribution in [3.05, 3.63) is 59.8 Å². The lowest BCUT2D eigenvalue weighted by Gasteiger charge is -2.18. The van der Waals surface area contributed by atoms with Gasteiger partial charge in [0, 0.05) is 6.04 Å². The topological polar surface area (TPSA) is 25.2 Å². The third-order valence-corrected chi connectivity index (χ3v) is 3.12. The minimum Gasteiger partial charge on any atom is -0.472 e. The molecule has 2 aromatic rings. The minimum absolute atomic E-state index is 0.171. The maximum Gasteiger partial charge on any atom is 0.123 e. The second-order valence-corrected chi connectivity index (χ2v) is 4.82. The fourth-order valence-electron chi connectivity index (χ4n) is 2.21. The van der Waals surface area contributed by atoms with E-state index in [0.717, 1.165) is 31.4 Å². The fourth-order valence-corrected chi connectivity index (χ4v) is 2.21. The number of furan rings is 1. The van der Waals surface area contributed by atoms with Crippen LogP contribution in [0.25, 0.3) is 0 Å². The molecule has 19 heavy (non-hydrogen) atoms. The first kappa shape index (κ1) is 13.8. The molecule has 1 aromatic carbocycles. The molecule has 0 bridgehead atoms. The van der Waals surface area contributed by atoms with Gasteiger partial charge < -0.3 is 9.73 Å². The summed E-state index contributed by atoms with van der Waals surface area (Å²) in [6.07, 6.45) is 6.27. The van der Waals surface area contributed by atoms with Crippen molar-refractivity contribution in [1.29, 1.82) is 0 Å². The predicted molar refractivity (Wildman–Crippen MR) is 74.6 cm³/mol. The molecule has 2 nitrogen and oxygen atoms in total. The van der Waals surface area contributed by atoms with Crippen molar-refractivity contribution in [2.45, 2.75) is 32.2 Å². The molecule has 1 atom stereocenters. The van der Waals surface area contributed by atoms with Gasteiger partial charge in [0.1, 0.15) is 5.82 Å². The number of hydrogen-bond donors (Lipinski definition) is 1. The summed E-state index contributed by atoms with van der Waals surface area (Å²) in [7, 11) is 0. The molecular weight excluding hydrogens is 241 g/mol. The summed E-state index contributed by atoms with van der Waals surface area (Å²) in [5.41, 5.74) is 2.20. The first-order chi connectivity index (χ1) is 9.28. The Balaban J connectivity index is 2.00. The van der Waals surface area contributed by atoms with Gasteiger partial charge in [-0.1, -0.05) is 19.1 Å². The molecule has 0 aliphatic rings. The maximum absolute atomic E-state index is 13.2. The maximum atomic E-state index is 13.2. The Morgan fingerprint density at radius 1 is 1.21 bits per heavy atom. The molecule has 1 heterocycles. The first-order valence-corrected chi connectivity index (χ1v) is 6.77. The molecule has 0 spiro atoms. The summed E-state index contributed by atoms with van der Waals surface area (Å²) >= 11 is 0. The number of halogens is 1. The molecule has 0 aliphatic carbocycles. The summed E-state index contributed by atoms with van der Waals surface area (Å²) in [5.74, 6) is -0.171. The quantitative estimate of drug-likeness (QED) is 0.824. The van der Waals surface area contributed by atoms with Crippen molar-refractivity contribution >= 4 is 0 Å². The zero-order valence-corrected chi connectivity index (χ0v) is 11.2. The van der Waals surface area contributed by atoms with Crippen LogP contribution in [0.3, 0.4) is 0 Å². The Bertz CT molecular complexity index is 481. The van der Waals surface area contributed by atoms with Crippen molar-refractivity contribution in [3.63, 3.8) is 0 Å². The van der Waals surface area contributed by atoms with E-state index in [1.807, 2.05) is 12.1 Å². The molecule has 1 aromatic heterocycles. The molecule has 0 fully saturated rings. The van der Waals surface area contributed by atoms with Gasteiger partial charge in [0.25, 0.3) is 0 Å². The van der Waals surface area contributed by atoms with Crippen LogP contribution < -0.4 is 5.32 Å². The van der Waals surface area contributed by atoms with Gasteiger partial charge in [-0.3, -0.25) is 0 Å². The summed E-state index contributed by atoms with van der Waals surface area (Å²) in [4.78, 5) is 0. The lowest BCUT2D eigenvalue weighted by atomic mass is 10.0. The lowest BCUT2D eigenvalue weighted by Crippen LogP contribution is -2.33. The Labute approximate surface area is 113 Å². The minimum atomic E-state index is -0.171. The smallest absolute Gasteiger partial charge is 0.123 e. The van der Waals surface area contributed by atoms with Crippen LogP contribution in [0.15, 0.2) is 47.3 Å². The van der Waals surface area contributed by atoms with E-state index in [-0.39, 0.29) is 5.82 Å². The zero-order valence-electron chi connectivity index (χ0n) is 11.2. The molecule has 0 amide bonds. The van der Waals surface area contributed by atoms with Crippen LogP contribution >= 0.6 is 0 Å². The molecule has 3 heteroatoms. The average molecular weight is 261 g/mol. The third-order valence-electron chi connectivity index (χ3n) is 3.12. The van der Waals surface area contributed by atoms with Crippen molar-refractivity contribution in [2.75, 3.05) is 6.54 Å². The second-order valence-electron chi connectivity index (χ2n) is 4.82. The second kappa shape index (κ2) is 7.10. The number of benzene rings is 1. The van der Waals surface area contributed by atoms with Crippen LogP contribution in [-0.4, -0.2) is 12.6 Å². The molecule has 0 radical (unpaired) electrons. The fraction of sp³-hybridized carbons (Fsp3) is 0.375. The molecule has 1 N–H and O–H groups in total. The van der Waals surface area contributed by atoms with Crippen LogP contribution in [0.1, 0.15) is 24.5 Å². The molecule has 1 unspecified atom stereocenters. The molecule has 2 rings (SSSR count). The monoisotopic (exact) mass is 261 g/mol. The van der Waals surface area contributed by atoms with Crippen molar-refractivity contribution < 1.29 is 8.81 Å². The van der Waals surface area contributed by atoms with Gasteiger partial charge in [-0.25, -0.2) is 4.39 Å². The van der Waals surface area contributed by atoms with Crippen molar-refractivity contribution in [1.82, 2.24) is 5.32 Å². The van der Waals surface area contributed by atoms with E-state index in [1.165, 1.54) is 11.6 Å². The Kier molecular flexibility index (Phi) is 5.16. The summed E-state index contributed by atoms with van der Waals surface area (Å²) in [6, 6.07) is 9.11. The Hall–Kier alpha value is -1.61. The standard InChI is InChI=1S/C16H20FNO/c1-2-7-18-16(11-14-6-8-19-12-14)10-13-4-3-5-15(17)9-13/h3-6,8-9,12,16,18H,2,7,10-11H2,1H3. The highest BCUT2D eigenvalue weighted by Crippen LogP contribution is 2.11. The van der Waals surface area contributed by atoms with Crippen LogP contribution in [0, 0.1) is 5.82 Å². The Morgan fingerprint density at radius 3 is 2.74 bits per heavy atom. The van der Waals surface area contributed by atoms with Gasteiger partial charge in [-0.05, 0) is 55.1 Å². The SMILES string of the molecule is CCCNC(Cc1ccoc1)Cc1cccc(F)c1. The largest absolute Gasteiger partial charge is 0.472 e. The van der Waals surface area contributed by atoms with E-state index in [0.29, 0.717) is 6.04 Å². The van der Waals surface area contributed by atoms with E-state index in [2.05, 4.69) is 12.2 Å². The van der Waals surface area contributed by atoms with Gasteiger partial charge in [0.2, 0.25) is 0 Å². The van der Waals surface area contributed by atoms with Crippen molar-refractivity contribution in [3.8, 4) is 0 Å². The van der Waals surface area contributed by atoms with Crippen molar-refractivity contribution in [2.24, 2.45) is 0 Å². The summed E-state index contributed by atoms with van der Waals surface area (Å²) in [5, 5.41) is 3.51. The van der Waals surface area contributed by atoms with E-state index in [4.69, 9.17) is 4.42 Å². The molecule has 0 saturated heterocycles. The summed E-state index contributed by atoms with van der Waals surface area (Å²) in [6.45, 7) is 3.11. The first-order valence-electron chi connectivity index (χ1n) is 6.77. The average Bonchev–Trinajstić information content (AvgIpc) is 2.89. The number of rotatable bonds is 7. The van der Waals surface area contributed by atoms with E-state index in [1.54, 1.807) is 24.7 Å². The number of hydrogen-bond acceptors (Lipinski definition) is 2. The molecule has 0 saturated carbocycles. The van der Waals surface area contributed by atoms with Gasteiger partial charge in [0.15, 0.2) is 0 Å². The molecule has 0 aliphatic heterocycles. The highest BCUT2D eigenvalue weighted by atomic mass is 19.1. The number of nitrogens with one attached hydrogen (secondary N) is 1. The van der Waals surface area contributed by atoms with E-state index in [9.17, 15) is 4.39 Å². The van der Waals surface area contributed by atoms with Crippen LogP contribution in [0.5, 0.6) is 0 Å². The van der Waals surface area contributed by atoms with Crippen LogP contribution in [0.2, 0.25) is 0 Å². The molecular formula is C16H20FNO. The van der Waals surface area contributed by atoms with Gasteiger partial charge in [-0.15, -0.1) is 0 Å². The zero-order chi connectivity index (χ0) is 13.5. The third kappa shape index (κ3) is 4.52. The van der Waals surface area contributed by atoms with Crippen LogP contribution in [0.4, 0.5) is 4.39 Å². The summed E-state index contributed by atoms with van der Waals surface area (Å²) < 4.78 is 18.3. The highest BCUT2D eigenvalue weighted by Gasteiger charge is 2.11. The van der Waals surface area contributed by atoms with Gasteiger partial charge in [0.05, 0.1) is 12.5 Å².